The average Bonchev–Trinajstić information content (AvgIpc) is 2.74. The molecule has 0 saturated carbocycles. The van der Waals surface area contributed by atoms with Gasteiger partial charge in [0, 0.05) is 12.7 Å². The standard InChI is InChI=1S/C9H11ClN6S/c1-4-3-17-7(13-4)5(11)6-14-8(10)16-9(12-2)15-6/h3,13H,11H2,1-2H3,(H,12,14,15,16)/b7-5+. The predicted molar refractivity (Wildman–Crippen MR) is 70.0 cm³/mol. The number of allylic oxidation sites excluding steroid dienone is 1. The zero-order chi connectivity index (χ0) is 12.4. The highest BCUT2D eigenvalue weighted by Crippen LogP contribution is 2.28. The molecule has 1 aliphatic heterocycles. The van der Waals surface area contributed by atoms with Crippen molar-refractivity contribution in [3.05, 3.63) is 27.2 Å². The van der Waals surface area contributed by atoms with Crippen molar-refractivity contribution < 1.29 is 0 Å². The van der Waals surface area contributed by atoms with Gasteiger partial charge in [0.25, 0.3) is 0 Å². The minimum absolute atomic E-state index is 0.107. The normalized spacial score (nSPS) is 17.5. The number of nitrogens with one attached hydrogen (secondary N) is 2. The molecule has 1 aliphatic rings. The Labute approximate surface area is 108 Å². The highest BCUT2D eigenvalue weighted by molar-refractivity contribution is 8.06. The molecule has 0 aliphatic carbocycles. The second-order valence-corrected chi connectivity index (χ2v) is 4.51. The van der Waals surface area contributed by atoms with Crippen molar-refractivity contribution in [2.75, 3.05) is 12.4 Å². The van der Waals surface area contributed by atoms with E-state index in [0.29, 0.717) is 17.5 Å². The van der Waals surface area contributed by atoms with Crippen molar-refractivity contribution in [3.8, 4) is 0 Å². The van der Waals surface area contributed by atoms with E-state index in [9.17, 15) is 0 Å². The van der Waals surface area contributed by atoms with Crippen molar-refractivity contribution in [2.24, 2.45) is 5.73 Å². The van der Waals surface area contributed by atoms with Crippen LogP contribution in [-0.4, -0.2) is 22.0 Å². The third-order valence-corrected chi connectivity index (χ3v) is 3.18. The Morgan fingerprint density at radius 1 is 1.47 bits per heavy atom. The molecular weight excluding hydrogens is 260 g/mol. The fraction of sp³-hybridized carbons (Fsp3) is 0.222. The van der Waals surface area contributed by atoms with Crippen LogP contribution < -0.4 is 16.4 Å². The molecule has 1 aromatic heterocycles. The maximum Gasteiger partial charge on any atom is 0.227 e. The van der Waals surface area contributed by atoms with Gasteiger partial charge in [-0.05, 0) is 23.9 Å². The van der Waals surface area contributed by atoms with Crippen LogP contribution in [0.4, 0.5) is 5.95 Å². The van der Waals surface area contributed by atoms with Gasteiger partial charge in [-0.1, -0.05) is 11.8 Å². The van der Waals surface area contributed by atoms with E-state index in [1.165, 1.54) is 11.8 Å². The molecule has 2 heterocycles. The molecule has 6 nitrogen and oxygen atoms in total. The monoisotopic (exact) mass is 270 g/mol. The zero-order valence-corrected chi connectivity index (χ0v) is 10.9. The molecule has 8 heteroatoms. The van der Waals surface area contributed by atoms with Crippen LogP contribution in [0.25, 0.3) is 5.70 Å². The summed E-state index contributed by atoms with van der Waals surface area (Å²) in [5.41, 5.74) is 7.46. The molecular formula is C9H11ClN6S. The number of thioether (sulfide) groups is 1. The Bertz CT molecular complexity index is 512. The smallest absolute Gasteiger partial charge is 0.227 e. The van der Waals surface area contributed by atoms with Gasteiger partial charge in [-0.15, -0.1) is 0 Å². The van der Waals surface area contributed by atoms with Gasteiger partial charge in [-0.25, -0.2) is 0 Å². The van der Waals surface area contributed by atoms with Gasteiger partial charge >= 0.3 is 0 Å². The van der Waals surface area contributed by atoms with Crippen LogP contribution in [0.3, 0.4) is 0 Å². The van der Waals surface area contributed by atoms with Crippen LogP contribution >= 0.6 is 23.4 Å². The first-order valence-electron chi connectivity index (χ1n) is 4.80. The fourth-order valence-electron chi connectivity index (χ4n) is 1.20. The summed E-state index contributed by atoms with van der Waals surface area (Å²) in [5, 5.41) is 8.79. The Kier molecular flexibility index (Phi) is 3.39. The maximum atomic E-state index is 5.98. The lowest BCUT2D eigenvalue weighted by Gasteiger charge is -2.07. The number of halogens is 1. The van der Waals surface area contributed by atoms with Gasteiger partial charge in [0.15, 0.2) is 5.82 Å². The Hall–Kier alpha value is -1.47. The van der Waals surface area contributed by atoms with Crippen molar-refractivity contribution in [1.29, 1.82) is 0 Å². The Morgan fingerprint density at radius 2 is 2.24 bits per heavy atom. The van der Waals surface area contributed by atoms with Crippen LogP contribution in [0, 0.1) is 0 Å². The summed E-state index contributed by atoms with van der Waals surface area (Å²) in [4.78, 5) is 12.0. The van der Waals surface area contributed by atoms with E-state index in [1.54, 1.807) is 7.05 Å². The summed E-state index contributed by atoms with van der Waals surface area (Å²) in [7, 11) is 1.70. The molecule has 0 atom stereocenters. The van der Waals surface area contributed by atoms with Crippen molar-refractivity contribution in [1.82, 2.24) is 20.3 Å². The molecule has 0 radical (unpaired) electrons. The molecule has 0 unspecified atom stereocenters. The van der Waals surface area contributed by atoms with Crippen LogP contribution in [-0.2, 0) is 0 Å². The minimum Gasteiger partial charge on any atom is -0.394 e. The summed E-state index contributed by atoms with van der Waals surface area (Å²) < 4.78 is 0. The topological polar surface area (TPSA) is 88.8 Å². The lowest BCUT2D eigenvalue weighted by molar-refractivity contribution is 0.996. The minimum atomic E-state index is 0.107. The molecule has 17 heavy (non-hydrogen) atoms. The first-order valence-corrected chi connectivity index (χ1v) is 6.06. The second-order valence-electron chi connectivity index (χ2n) is 3.29. The second kappa shape index (κ2) is 4.80. The van der Waals surface area contributed by atoms with Gasteiger partial charge in [0.2, 0.25) is 11.2 Å². The number of anilines is 1. The largest absolute Gasteiger partial charge is 0.394 e. The number of aromatic nitrogens is 3. The van der Waals surface area contributed by atoms with Gasteiger partial charge in [0.1, 0.15) is 10.7 Å². The van der Waals surface area contributed by atoms with Crippen LogP contribution in [0.15, 0.2) is 16.1 Å². The van der Waals surface area contributed by atoms with Crippen molar-refractivity contribution in [3.63, 3.8) is 0 Å². The number of nitrogens with zero attached hydrogens (tertiary/aromatic N) is 3. The third-order valence-electron chi connectivity index (χ3n) is 1.98. The lowest BCUT2D eigenvalue weighted by Crippen LogP contribution is -2.13. The molecule has 0 bridgehead atoms. The van der Waals surface area contributed by atoms with E-state index >= 15 is 0 Å². The summed E-state index contributed by atoms with van der Waals surface area (Å²) >= 11 is 7.28. The van der Waals surface area contributed by atoms with E-state index in [1.807, 2.05) is 12.3 Å². The van der Waals surface area contributed by atoms with E-state index in [4.69, 9.17) is 17.3 Å². The van der Waals surface area contributed by atoms with E-state index < -0.39 is 0 Å². The summed E-state index contributed by atoms with van der Waals surface area (Å²) in [5.74, 6) is 0.740. The van der Waals surface area contributed by atoms with E-state index in [0.717, 1.165) is 10.7 Å². The first kappa shape index (κ1) is 12.0. The first-order chi connectivity index (χ1) is 8.10. The maximum absolute atomic E-state index is 5.98. The lowest BCUT2D eigenvalue weighted by atomic mass is 10.4. The SMILES string of the molecule is CNc1nc(Cl)nc(/C(N)=C2/NC(C)=CS2)n1. The highest BCUT2D eigenvalue weighted by Gasteiger charge is 2.15. The van der Waals surface area contributed by atoms with Gasteiger partial charge in [-0.2, -0.15) is 15.0 Å². The summed E-state index contributed by atoms with van der Waals surface area (Å²) in [6.45, 7) is 1.95. The molecule has 4 N–H and O–H groups in total. The molecule has 0 spiro atoms. The highest BCUT2D eigenvalue weighted by atomic mass is 35.5. The van der Waals surface area contributed by atoms with Gasteiger partial charge < -0.3 is 16.4 Å². The van der Waals surface area contributed by atoms with Crippen LogP contribution in [0.2, 0.25) is 5.28 Å². The zero-order valence-electron chi connectivity index (χ0n) is 9.28. The summed E-state index contributed by atoms with van der Waals surface area (Å²) in [6.07, 6.45) is 0. The molecule has 90 valence electrons. The molecule has 2 rings (SSSR count). The fourth-order valence-corrected chi connectivity index (χ4v) is 2.15. The van der Waals surface area contributed by atoms with Crippen molar-refractivity contribution >= 4 is 35.0 Å². The van der Waals surface area contributed by atoms with E-state index in [-0.39, 0.29) is 5.28 Å². The van der Waals surface area contributed by atoms with E-state index in [2.05, 4.69) is 25.6 Å². The van der Waals surface area contributed by atoms with Gasteiger partial charge in [-0.3, -0.25) is 0 Å². The quantitative estimate of drug-likeness (QED) is 0.747. The molecule has 0 saturated heterocycles. The van der Waals surface area contributed by atoms with Gasteiger partial charge in [0.05, 0.1) is 0 Å². The van der Waals surface area contributed by atoms with Crippen LogP contribution in [0.1, 0.15) is 12.7 Å². The predicted octanol–water partition coefficient (Wildman–Crippen LogP) is 1.35. The van der Waals surface area contributed by atoms with Crippen molar-refractivity contribution in [2.45, 2.75) is 6.92 Å². The molecule has 0 aromatic carbocycles. The summed E-state index contributed by atoms with van der Waals surface area (Å²) in [6, 6.07) is 0. The number of rotatable bonds is 2. The Morgan fingerprint density at radius 3 is 2.82 bits per heavy atom. The number of hydrogen-bond donors (Lipinski definition) is 3. The third kappa shape index (κ3) is 2.62. The number of hydrogen-bond acceptors (Lipinski definition) is 7. The molecule has 0 amide bonds. The molecule has 0 fully saturated rings. The van der Waals surface area contributed by atoms with Crippen LogP contribution in [0.5, 0.6) is 0 Å². The molecule has 1 aromatic rings. The Balaban J connectivity index is 2.37. The number of nitrogens with two attached hydrogens (primary N) is 1. The average molecular weight is 271 g/mol.